The van der Waals surface area contributed by atoms with Crippen molar-refractivity contribution < 1.29 is 24.2 Å². The summed E-state index contributed by atoms with van der Waals surface area (Å²) in [4.78, 5) is 22.1. The molecule has 0 saturated heterocycles. The maximum Gasteiger partial charge on any atom is 0.303 e. The van der Waals surface area contributed by atoms with Gasteiger partial charge in [-0.2, -0.15) is 0 Å². The predicted molar refractivity (Wildman–Crippen MR) is 86.7 cm³/mol. The third-order valence-electron chi connectivity index (χ3n) is 3.32. The first-order valence-corrected chi connectivity index (χ1v) is 7.85. The fourth-order valence-corrected chi connectivity index (χ4v) is 1.98. The molecule has 6 nitrogen and oxygen atoms in total. The highest BCUT2D eigenvalue weighted by Crippen LogP contribution is 2.25. The average molecular weight is 323 g/mol. The van der Waals surface area contributed by atoms with E-state index in [0.29, 0.717) is 24.7 Å². The number of aliphatic carboxylic acids is 1. The molecule has 0 aliphatic heterocycles. The number of carbonyl (C=O) groups is 2. The molecule has 0 fully saturated rings. The van der Waals surface area contributed by atoms with Gasteiger partial charge in [0.1, 0.15) is 11.5 Å². The van der Waals surface area contributed by atoms with Gasteiger partial charge in [0.2, 0.25) is 5.91 Å². The lowest BCUT2D eigenvalue weighted by Gasteiger charge is -2.13. The summed E-state index contributed by atoms with van der Waals surface area (Å²) >= 11 is 0. The number of methoxy groups -OCH3 is 1. The summed E-state index contributed by atoms with van der Waals surface area (Å²) in [6, 6.07) is 5.44. The lowest BCUT2D eigenvalue weighted by Crippen LogP contribution is -2.23. The van der Waals surface area contributed by atoms with Crippen LogP contribution in [0.4, 0.5) is 0 Å². The molecule has 0 bridgehead atoms. The zero-order valence-electron chi connectivity index (χ0n) is 13.8. The summed E-state index contributed by atoms with van der Waals surface area (Å²) < 4.78 is 11.0. The molecule has 6 heteroatoms. The summed E-state index contributed by atoms with van der Waals surface area (Å²) in [6.07, 6.45) is 2.99. The largest absolute Gasteiger partial charge is 0.497 e. The van der Waals surface area contributed by atoms with E-state index in [0.717, 1.165) is 24.8 Å². The second-order valence-electron chi connectivity index (χ2n) is 5.20. The van der Waals surface area contributed by atoms with Crippen LogP contribution in [-0.2, 0) is 16.1 Å². The summed E-state index contributed by atoms with van der Waals surface area (Å²) in [5.41, 5.74) is 0.839. The maximum atomic E-state index is 11.6. The molecule has 0 unspecified atom stereocenters. The van der Waals surface area contributed by atoms with E-state index in [1.807, 2.05) is 6.07 Å². The van der Waals surface area contributed by atoms with Crippen molar-refractivity contribution in [2.24, 2.45) is 0 Å². The van der Waals surface area contributed by atoms with Gasteiger partial charge in [-0.3, -0.25) is 9.59 Å². The fraction of sp³-hybridized carbons (Fsp3) is 0.529. The standard InChI is InChI=1S/C17H25NO5/c1-3-4-5-10-23-15-11-14(22-2)7-6-13(15)12-18-16(19)8-9-17(20)21/h6-7,11H,3-5,8-10,12H2,1-2H3,(H,18,19)(H,20,21). The quantitative estimate of drug-likeness (QED) is 0.612. The van der Waals surface area contributed by atoms with E-state index in [1.54, 1.807) is 19.2 Å². The molecule has 0 saturated carbocycles. The van der Waals surface area contributed by atoms with E-state index in [2.05, 4.69) is 12.2 Å². The zero-order valence-corrected chi connectivity index (χ0v) is 13.8. The molecule has 1 aromatic carbocycles. The molecule has 1 amide bonds. The minimum atomic E-state index is -0.982. The molecule has 1 rings (SSSR count). The lowest BCUT2D eigenvalue weighted by atomic mass is 10.1. The minimum Gasteiger partial charge on any atom is -0.497 e. The lowest BCUT2D eigenvalue weighted by molar-refractivity contribution is -0.138. The van der Waals surface area contributed by atoms with Crippen LogP contribution in [0.3, 0.4) is 0 Å². The molecule has 0 atom stereocenters. The van der Waals surface area contributed by atoms with Crippen molar-refractivity contribution in [2.45, 2.75) is 45.6 Å². The van der Waals surface area contributed by atoms with Crippen LogP contribution >= 0.6 is 0 Å². The Kier molecular flexibility index (Phi) is 8.57. The van der Waals surface area contributed by atoms with Crippen LogP contribution in [-0.4, -0.2) is 30.7 Å². The molecular formula is C17H25NO5. The third-order valence-corrected chi connectivity index (χ3v) is 3.32. The second-order valence-corrected chi connectivity index (χ2v) is 5.20. The molecule has 1 aromatic rings. The van der Waals surface area contributed by atoms with E-state index >= 15 is 0 Å². The van der Waals surface area contributed by atoms with Crippen LogP contribution in [0, 0.1) is 0 Å². The number of benzene rings is 1. The second kappa shape index (κ2) is 10.5. The normalized spacial score (nSPS) is 10.2. The minimum absolute atomic E-state index is 0.0296. The van der Waals surface area contributed by atoms with Gasteiger partial charge in [0.05, 0.1) is 20.1 Å². The van der Waals surface area contributed by atoms with Crippen molar-refractivity contribution in [2.75, 3.05) is 13.7 Å². The zero-order chi connectivity index (χ0) is 17.1. The molecule has 0 radical (unpaired) electrons. The van der Waals surface area contributed by atoms with Crippen molar-refractivity contribution in [3.05, 3.63) is 23.8 Å². The number of rotatable bonds is 11. The van der Waals surface area contributed by atoms with E-state index in [-0.39, 0.29) is 18.7 Å². The topological polar surface area (TPSA) is 84.9 Å². The van der Waals surface area contributed by atoms with Crippen molar-refractivity contribution >= 4 is 11.9 Å². The van der Waals surface area contributed by atoms with Crippen LogP contribution < -0.4 is 14.8 Å². The Morgan fingerprint density at radius 2 is 2.00 bits per heavy atom. The molecular weight excluding hydrogens is 298 g/mol. The molecule has 128 valence electrons. The van der Waals surface area contributed by atoms with Crippen LogP contribution in [0.25, 0.3) is 0 Å². The van der Waals surface area contributed by atoms with E-state index in [9.17, 15) is 9.59 Å². The highest BCUT2D eigenvalue weighted by atomic mass is 16.5. The van der Waals surface area contributed by atoms with Crippen LogP contribution in [0.2, 0.25) is 0 Å². The van der Waals surface area contributed by atoms with Gasteiger partial charge in [-0.15, -0.1) is 0 Å². The molecule has 23 heavy (non-hydrogen) atoms. The number of carboxylic acid groups (broad SMARTS) is 1. The van der Waals surface area contributed by atoms with Crippen molar-refractivity contribution in [1.82, 2.24) is 5.32 Å². The molecule has 0 heterocycles. The first-order chi connectivity index (χ1) is 11.1. The van der Waals surface area contributed by atoms with E-state index < -0.39 is 5.97 Å². The molecule has 0 aromatic heterocycles. The van der Waals surface area contributed by atoms with E-state index in [1.165, 1.54) is 0 Å². The van der Waals surface area contributed by atoms with Gasteiger partial charge in [0.15, 0.2) is 0 Å². The van der Waals surface area contributed by atoms with Gasteiger partial charge in [0, 0.05) is 24.6 Å². The monoisotopic (exact) mass is 323 g/mol. The highest BCUT2D eigenvalue weighted by Gasteiger charge is 2.09. The fourth-order valence-electron chi connectivity index (χ4n) is 1.98. The number of carboxylic acids is 1. The number of ether oxygens (including phenoxy) is 2. The van der Waals surface area contributed by atoms with Gasteiger partial charge in [-0.25, -0.2) is 0 Å². The Morgan fingerprint density at radius 1 is 1.22 bits per heavy atom. The number of amides is 1. The van der Waals surface area contributed by atoms with Gasteiger partial charge in [-0.1, -0.05) is 19.8 Å². The molecule has 0 aliphatic rings. The Hall–Kier alpha value is -2.24. The smallest absolute Gasteiger partial charge is 0.303 e. The first kappa shape index (κ1) is 18.8. The van der Waals surface area contributed by atoms with Crippen molar-refractivity contribution in [3.8, 4) is 11.5 Å². The van der Waals surface area contributed by atoms with Crippen molar-refractivity contribution in [3.63, 3.8) is 0 Å². The molecule has 0 aliphatic carbocycles. The number of hydrogen-bond donors (Lipinski definition) is 2. The van der Waals surface area contributed by atoms with Crippen molar-refractivity contribution in [1.29, 1.82) is 0 Å². The summed E-state index contributed by atoms with van der Waals surface area (Å²) in [5, 5.41) is 11.3. The Labute approximate surface area is 136 Å². The molecule has 0 spiro atoms. The number of nitrogens with one attached hydrogen (secondary N) is 1. The first-order valence-electron chi connectivity index (χ1n) is 7.85. The van der Waals surface area contributed by atoms with Gasteiger partial charge in [-0.05, 0) is 18.6 Å². The summed E-state index contributed by atoms with van der Waals surface area (Å²) in [7, 11) is 1.59. The van der Waals surface area contributed by atoms with Gasteiger partial charge in [0.25, 0.3) is 0 Å². The number of hydrogen-bond acceptors (Lipinski definition) is 4. The Bertz CT molecular complexity index is 516. The number of unbranched alkanes of at least 4 members (excludes halogenated alkanes) is 2. The Morgan fingerprint density at radius 3 is 2.65 bits per heavy atom. The predicted octanol–water partition coefficient (Wildman–Crippen LogP) is 2.75. The highest BCUT2D eigenvalue weighted by molar-refractivity contribution is 5.80. The average Bonchev–Trinajstić information content (AvgIpc) is 2.55. The maximum absolute atomic E-state index is 11.6. The summed E-state index contributed by atoms with van der Waals surface area (Å²) in [6.45, 7) is 3.04. The van der Waals surface area contributed by atoms with Gasteiger partial charge < -0.3 is 19.9 Å². The molecule has 2 N–H and O–H groups in total. The van der Waals surface area contributed by atoms with Crippen LogP contribution in [0.5, 0.6) is 11.5 Å². The van der Waals surface area contributed by atoms with Gasteiger partial charge >= 0.3 is 5.97 Å². The van der Waals surface area contributed by atoms with Crippen LogP contribution in [0.1, 0.15) is 44.6 Å². The Balaban J connectivity index is 2.61. The number of carbonyl (C=O) groups excluding carboxylic acids is 1. The third kappa shape index (κ3) is 7.54. The SMILES string of the molecule is CCCCCOc1cc(OC)ccc1CNC(=O)CCC(=O)O. The van der Waals surface area contributed by atoms with Crippen LogP contribution in [0.15, 0.2) is 18.2 Å². The summed E-state index contributed by atoms with van der Waals surface area (Å²) in [5.74, 6) is 0.0973. The van der Waals surface area contributed by atoms with E-state index in [4.69, 9.17) is 14.6 Å².